The van der Waals surface area contributed by atoms with E-state index in [2.05, 4.69) is 25.1 Å². The molecule has 0 saturated carbocycles. The number of carbonyl (C=O) groups excluding carboxylic acids is 4. The Morgan fingerprint density at radius 1 is 0.846 bits per heavy atom. The lowest BCUT2D eigenvalue weighted by Crippen LogP contribution is -2.27. The molecule has 1 heterocycles. The van der Waals surface area contributed by atoms with Crippen LogP contribution in [0.5, 0.6) is 11.8 Å². The fraction of sp³-hybridized carbons (Fsp3) is 0.400. The smallest absolute Gasteiger partial charge is 0.397 e. The van der Waals surface area contributed by atoms with E-state index in [0.717, 1.165) is 0 Å². The fourth-order valence-corrected chi connectivity index (χ4v) is 1.71. The molecule has 0 aliphatic heterocycles. The van der Waals surface area contributed by atoms with Crippen LogP contribution in [-0.4, -0.2) is 56.2 Å². The third kappa shape index (κ3) is 5.33. The Balaban J connectivity index is 3.14. The lowest BCUT2D eigenvalue weighted by Gasteiger charge is -2.14. The van der Waals surface area contributed by atoms with Gasteiger partial charge in [0.1, 0.15) is 11.4 Å². The Morgan fingerprint density at radius 3 is 1.54 bits per heavy atom. The first-order valence-electron chi connectivity index (χ1n) is 7.47. The summed E-state index contributed by atoms with van der Waals surface area (Å²) in [5.41, 5.74) is -0.101. The van der Waals surface area contributed by atoms with E-state index >= 15 is 0 Å². The maximum Gasteiger partial charge on any atom is 0.397 e. The topological polar surface area (TPSA) is 142 Å². The Labute approximate surface area is 149 Å². The second kappa shape index (κ2) is 9.81. The average Bonchev–Trinajstić information content (AvgIpc) is 2.62. The standard InChI is InChI=1S/C15H19N3O8/c1-5-25-14(21)10(19)16-8-7-9(13(24-4)18-12(8)23-3)17-11(20)15(22)26-6-2/h7H,5-6H2,1-4H3,(H,16,19)(H,17,20). The summed E-state index contributed by atoms with van der Waals surface area (Å²) in [6, 6.07) is 1.21. The number of hydrogen-bond donors (Lipinski definition) is 2. The molecule has 0 bridgehead atoms. The molecule has 0 fully saturated rings. The van der Waals surface area contributed by atoms with Crippen molar-refractivity contribution in [2.24, 2.45) is 0 Å². The summed E-state index contributed by atoms with van der Waals surface area (Å²) in [7, 11) is 2.55. The van der Waals surface area contributed by atoms with Crippen LogP contribution in [0.2, 0.25) is 0 Å². The second-order valence-corrected chi connectivity index (χ2v) is 4.45. The quantitative estimate of drug-likeness (QED) is 0.527. The number of carbonyl (C=O) groups is 4. The molecule has 11 nitrogen and oxygen atoms in total. The number of esters is 2. The lowest BCUT2D eigenvalue weighted by molar-refractivity contribution is -0.152. The van der Waals surface area contributed by atoms with Crippen LogP contribution >= 0.6 is 0 Å². The molecule has 2 N–H and O–H groups in total. The molecule has 26 heavy (non-hydrogen) atoms. The minimum Gasteiger partial charge on any atom is -0.479 e. The Morgan fingerprint density at radius 2 is 1.23 bits per heavy atom. The highest BCUT2D eigenvalue weighted by Crippen LogP contribution is 2.32. The Kier molecular flexibility index (Phi) is 7.80. The van der Waals surface area contributed by atoms with Gasteiger partial charge in [-0.25, -0.2) is 9.59 Å². The van der Waals surface area contributed by atoms with Gasteiger partial charge in [-0.1, -0.05) is 0 Å². The van der Waals surface area contributed by atoms with Gasteiger partial charge in [0.15, 0.2) is 0 Å². The molecule has 0 aliphatic rings. The predicted molar refractivity (Wildman–Crippen MR) is 87.9 cm³/mol. The van der Waals surface area contributed by atoms with Crippen LogP contribution < -0.4 is 20.1 Å². The average molecular weight is 369 g/mol. The van der Waals surface area contributed by atoms with E-state index in [1.165, 1.54) is 20.3 Å². The highest BCUT2D eigenvalue weighted by Gasteiger charge is 2.23. The highest BCUT2D eigenvalue weighted by molar-refractivity contribution is 6.38. The number of ether oxygens (including phenoxy) is 4. The summed E-state index contributed by atoms with van der Waals surface area (Å²) in [6.45, 7) is 3.13. The number of pyridine rings is 1. The molecular weight excluding hydrogens is 350 g/mol. The first-order valence-corrected chi connectivity index (χ1v) is 7.47. The number of hydrogen-bond acceptors (Lipinski definition) is 9. The molecule has 0 saturated heterocycles. The van der Waals surface area contributed by atoms with E-state index < -0.39 is 23.8 Å². The maximum absolute atomic E-state index is 11.8. The van der Waals surface area contributed by atoms with E-state index in [1.807, 2.05) is 0 Å². The van der Waals surface area contributed by atoms with Crippen LogP contribution in [-0.2, 0) is 28.7 Å². The molecule has 0 spiro atoms. The first-order chi connectivity index (χ1) is 12.4. The van der Waals surface area contributed by atoms with Gasteiger partial charge in [-0.05, 0) is 19.9 Å². The zero-order chi connectivity index (χ0) is 19.7. The summed E-state index contributed by atoms with van der Waals surface area (Å²) in [4.78, 5) is 50.4. The number of aromatic nitrogens is 1. The van der Waals surface area contributed by atoms with Gasteiger partial charge in [-0.3, -0.25) is 9.59 Å². The van der Waals surface area contributed by atoms with Gasteiger partial charge in [0.05, 0.1) is 27.4 Å². The van der Waals surface area contributed by atoms with Gasteiger partial charge < -0.3 is 29.6 Å². The van der Waals surface area contributed by atoms with Crippen molar-refractivity contribution >= 4 is 35.1 Å². The van der Waals surface area contributed by atoms with Gasteiger partial charge >= 0.3 is 23.8 Å². The highest BCUT2D eigenvalue weighted by atomic mass is 16.5. The number of nitrogens with one attached hydrogen (secondary N) is 2. The summed E-state index contributed by atoms with van der Waals surface area (Å²) in [5, 5.41) is 4.48. The van der Waals surface area contributed by atoms with Crippen molar-refractivity contribution in [1.82, 2.24) is 4.98 Å². The normalized spacial score (nSPS) is 9.69. The molecule has 1 aromatic rings. The predicted octanol–water partition coefficient (Wildman–Crippen LogP) is 0.102. The first kappa shape index (κ1) is 20.7. The van der Waals surface area contributed by atoms with Crippen molar-refractivity contribution in [1.29, 1.82) is 0 Å². The lowest BCUT2D eigenvalue weighted by atomic mass is 10.3. The van der Waals surface area contributed by atoms with Crippen molar-refractivity contribution in [3.8, 4) is 11.8 Å². The van der Waals surface area contributed by atoms with Gasteiger partial charge in [0.2, 0.25) is 11.8 Å². The van der Waals surface area contributed by atoms with Gasteiger partial charge in [0, 0.05) is 0 Å². The third-order valence-electron chi connectivity index (χ3n) is 2.76. The van der Waals surface area contributed by atoms with Crippen molar-refractivity contribution in [3.63, 3.8) is 0 Å². The van der Waals surface area contributed by atoms with E-state index in [9.17, 15) is 19.2 Å². The SMILES string of the molecule is CCOC(=O)C(=O)Nc1cc(NC(=O)C(=O)OCC)c(OC)nc1OC. The minimum absolute atomic E-state index is 0.0189. The molecule has 0 radical (unpaired) electrons. The molecule has 1 aromatic heterocycles. The van der Waals surface area contributed by atoms with E-state index in [1.54, 1.807) is 13.8 Å². The summed E-state index contributed by atoms with van der Waals surface area (Å²) in [5.74, 6) is -4.54. The number of nitrogens with zero attached hydrogens (tertiary/aromatic N) is 1. The van der Waals surface area contributed by atoms with Crippen molar-refractivity contribution < 1.29 is 38.1 Å². The van der Waals surface area contributed by atoms with E-state index in [0.29, 0.717) is 0 Å². The van der Waals surface area contributed by atoms with Gasteiger partial charge in [0.25, 0.3) is 0 Å². The van der Waals surface area contributed by atoms with Crippen LogP contribution in [0.15, 0.2) is 6.07 Å². The zero-order valence-electron chi connectivity index (χ0n) is 14.7. The molecule has 0 aliphatic carbocycles. The maximum atomic E-state index is 11.8. The number of rotatable bonds is 6. The molecule has 1 rings (SSSR count). The summed E-state index contributed by atoms with van der Waals surface area (Å²) in [6.07, 6.45) is 0. The van der Waals surface area contributed by atoms with Crippen LogP contribution in [0.4, 0.5) is 11.4 Å². The zero-order valence-corrected chi connectivity index (χ0v) is 14.7. The van der Waals surface area contributed by atoms with Crippen LogP contribution in [0.25, 0.3) is 0 Å². The van der Waals surface area contributed by atoms with E-state index in [-0.39, 0.29) is 36.3 Å². The van der Waals surface area contributed by atoms with Gasteiger partial charge in [-0.15, -0.1) is 0 Å². The minimum atomic E-state index is -1.11. The fourth-order valence-electron chi connectivity index (χ4n) is 1.71. The van der Waals surface area contributed by atoms with E-state index in [4.69, 9.17) is 9.47 Å². The Bertz CT molecular complexity index is 649. The molecule has 0 atom stereocenters. The van der Waals surface area contributed by atoms with Gasteiger partial charge in [-0.2, -0.15) is 4.98 Å². The Hall–Kier alpha value is -3.37. The summed E-state index contributed by atoms with van der Waals surface area (Å²) < 4.78 is 19.2. The number of methoxy groups -OCH3 is 2. The molecule has 11 heteroatoms. The largest absolute Gasteiger partial charge is 0.479 e. The van der Waals surface area contributed by atoms with Crippen LogP contribution in [0.1, 0.15) is 13.8 Å². The second-order valence-electron chi connectivity index (χ2n) is 4.45. The molecular formula is C15H19N3O8. The molecule has 2 amide bonds. The summed E-state index contributed by atoms with van der Waals surface area (Å²) >= 11 is 0. The van der Waals surface area contributed by atoms with Crippen LogP contribution in [0, 0.1) is 0 Å². The molecule has 142 valence electrons. The monoisotopic (exact) mass is 369 g/mol. The van der Waals surface area contributed by atoms with Crippen molar-refractivity contribution in [2.75, 3.05) is 38.1 Å². The number of anilines is 2. The van der Waals surface area contributed by atoms with Crippen molar-refractivity contribution in [3.05, 3.63) is 6.07 Å². The van der Waals surface area contributed by atoms with Crippen molar-refractivity contribution in [2.45, 2.75) is 13.8 Å². The molecule has 0 unspecified atom stereocenters. The molecule has 0 aromatic carbocycles. The number of amides is 2. The third-order valence-corrected chi connectivity index (χ3v) is 2.76. The van der Waals surface area contributed by atoms with Crippen LogP contribution in [0.3, 0.4) is 0 Å².